The fourth-order valence-corrected chi connectivity index (χ4v) is 1.37. The smallest absolute Gasteiger partial charge is 0.119 e. The number of hydrogen-bond acceptors (Lipinski definition) is 0. The van der Waals surface area contributed by atoms with Crippen LogP contribution in [0.5, 0.6) is 0 Å². The van der Waals surface area contributed by atoms with Crippen LogP contribution >= 0.6 is 0 Å². The second kappa shape index (κ2) is 6.67. The molecule has 72 valence electrons. The maximum atomic E-state index is 3.83. The van der Waals surface area contributed by atoms with Gasteiger partial charge in [-0.15, -0.1) is 0 Å². The Hall–Kier alpha value is -0.820. The van der Waals surface area contributed by atoms with Crippen molar-refractivity contribution >= 4 is 0 Å². The maximum Gasteiger partial charge on any atom is 0.119 e. The van der Waals surface area contributed by atoms with Gasteiger partial charge in [0.25, 0.3) is 0 Å². The van der Waals surface area contributed by atoms with Crippen LogP contribution in [0, 0.1) is 7.11 Å². The first-order valence-electron chi connectivity index (χ1n) is 4.90. The molecule has 1 N–H and O–H groups in total. The Bertz CT molecular complexity index is 206. The van der Waals surface area contributed by atoms with Crippen LogP contribution in [0.2, 0.25) is 0 Å². The van der Waals surface area contributed by atoms with Gasteiger partial charge in [0.2, 0.25) is 0 Å². The highest BCUT2D eigenvalue weighted by atomic mass is 16.5. The number of benzene rings is 1. The average molecular weight is 178 g/mol. The van der Waals surface area contributed by atoms with Gasteiger partial charge in [0.1, 0.15) is 6.61 Å². The summed E-state index contributed by atoms with van der Waals surface area (Å²) in [6.45, 7) is 0.911. The number of hydrogen-bond donors (Lipinski definition) is 0. The molecule has 1 rings (SSSR count). The van der Waals surface area contributed by atoms with Crippen LogP contribution in [-0.4, -0.2) is 11.3 Å². The molecule has 0 spiro atoms. The van der Waals surface area contributed by atoms with Crippen LogP contribution in [0.4, 0.5) is 0 Å². The lowest BCUT2D eigenvalue weighted by atomic mass is 10.1. The number of ether oxygens (including phenoxy) is 1. The van der Waals surface area contributed by atoms with Gasteiger partial charge in [-0.25, -0.2) is 0 Å². The third kappa shape index (κ3) is 4.69. The standard InChI is InChI=1S/C12H18O/c1-13-11-7-3-6-10-12-8-4-2-5-9-12/h2,4-5,8-9,13H,1,3,6-7,10-11H2. The summed E-state index contributed by atoms with van der Waals surface area (Å²) in [5.74, 6) is 0. The predicted molar refractivity (Wildman–Crippen MR) is 56.4 cm³/mol. The summed E-state index contributed by atoms with van der Waals surface area (Å²) in [4.78, 5) is 0. The first-order valence-corrected chi connectivity index (χ1v) is 4.90. The van der Waals surface area contributed by atoms with E-state index in [1.54, 1.807) is 0 Å². The van der Waals surface area contributed by atoms with Gasteiger partial charge < -0.3 is 4.74 Å². The van der Waals surface area contributed by atoms with Gasteiger partial charge >= 0.3 is 0 Å². The van der Waals surface area contributed by atoms with Crippen LogP contribution in [0.1, 0.15) is 24.8 Å². The summed E-state index contributed by atoms with van der Waals surface area (Å²) >= 11 is 0. The molecule has 0 saturated carbocycles. The molecule has 1 heteroatoms. The van der Waals surface area contributed by atoms with Crippen LogP contribution in [0.3, 0.4) is 0 Å². The van der Waals surface area contributed by atoms with E-state index in [4.69, 9.17) is 0 Å². The van der Waals surface area contributed by atoms with Crippen molar-refractivity contribution in [3.63, 3.8) is 0 Å². The molecular weight excluding hydrogens is 160 g/mol. The van der Waals surface area contributed by atoms with E-state index in [0.29, 0.717) is 0 Å². The van der Waals surface area contributed by atoms with Crippen LogP contribution in [0.25, 0.3) is 0 Å². The fraction of sp³-hybridized carbons (Fsp3) is 0.417. The summed E-state index contributed by atoms with van der Waals surface area (Å²) in [7, 11) is 3.47. The topological polar surface area (TPSA) is 12.8 Å². The number of unbranched alkanes of at least 4 members (excludes halogenated alkanes) is 2. The molecule has 0 unspecified atom stereocenters. The first-order chi connectivity index (χ1) is 6.43. The monoisotopic (exact) mass is 178 g/mol. The molecule has 13 heavy (non-hydrogen) atoms. The molecule has 0 amide bonds. The van der Waals surface area contributed by atoms with Crippen molar-refractivity contribution < 1.29 is 4.74 Å². The Balaban J connectivity index is 2.07. The van der Waals surface area contributed by atoms with Gasteiger partial charge in [-0.3, -0.25) is 0 Å². The second-order valence-electron chi connectivity index (χ2n) is 3.24. The largest absolute Gasteiger partial charge is 0.582 e. The van der Waals surface area contributed by atoms with Crippen molar-refractivity contribution in [2.75, 3.05) is 6.61 Å². The summed E-state index contributed by atoms with van der Waals surface area (Å²) < 4.78 is 3.83. The van der Waals surface area contributed by atoms with Crippen molar-refractivity contribution in [2.24, 2.45) is 0 Å². The Morgan fingerprint density at radius 3 is 2.46 bits per heavy atom. The normalized spacial score (nSPS) is 10.2. The molecular formula is C12H18O. The lowest BCUT2D eigenvalue weighted by Crippen LogP contribution is -1.92. The van der Waals surface area contributed by atoms with Crippen molar-refractivity contribution in [3.05, 3.63) is 43.0 Å². The van der Waals surface area contributed by atoms with Crippen molar-refractivity contribution in [1.82, 2.24) is 0 Å². The lowest BCUT2D eigenvalue weighted by Gasteiger charge is -2.01. The predicted octanol–water partition coefficient (Wildman–Crippen LogP) is 2.72. The van der Waals surface area contributed by atoms with Crippen molar-refractivity contribution in [2.45, 2.75) is 25.7 Å². The third-order valence-electron chi connectivity index (χ3n) is 2.12. The zero-order valence-corrected chi connectivity index (χ0v) is 8.08. The third-order valence-corrected chi connectivity index (χ3v) is 2.12. The second-order valence-corrected chi connectivity index (χ2v) is 3.24. The van der Waals surface area contributed by atoms with Crippen LogP contribution in [-0.2, 0) is 6.42 Å². The molecule has 0 saturated heterocycles. The number of aliphatic hydroxyl groups is 2. The molecule has 0 fully saturated rings. The number of rotatable bonds is 6. The lowest BCUT2D eigenvalue weighted by molar-refractivity contribution is 0.0529. The van der Waals surface area contributed by atoms with E-state index in [0.717, 1.165) is 6.61 Å². The van der Waals surface area contributed by atoms with Crippen LogP contribution < -0.4 is 0 Å². The fourth-order valence-electron chi connectivity index (χ4n) is 1.37. The van der Waals surface area contributed by atoms with E-state index >= 15 is 0 Å². The molecule has 0 radical (unpaired) electrons. The van der Waals surface area contributed by atoms with E-state index in [-0.39, 0.29) is 0 Å². The van der Waals surface area contributed by atoms with Gasteiger partial charge in [0, 0.05) is 6.42 Å². The van der Waals surface area contributed by atoms with E-state index < -0.39 is 0 Å². The molecule has 1 aromatic carbocycles. The minimum Gasteiger partial charge on any atom is -0.582 e. The molecule has 1 aromatic rings. The highest BCUT2D eigenvalue weighted by molar-refractivity contribution is 5.14. The first kappa shape index (κ1) is 10.3. The molecule has 1 nitrogen and oxygen atoms in total. The van der Waals surface area contributed by atoms with Gasteiger partial charge in [0.05, 0.1) is 0 Å². The SMILES string of the molecule is [CH2-][OH+]CCCCCc1ccccc1. The Kier molecular flexibility index (Phi) is 5.27. The van der Waals surface area contributed by atoms with Gasteiger partial charge in [0.15, 0.2) is 0 Å². The molecule has 0 heterocycles. The zero-order valence-electron chi connectivity index (χ0n) is 8.08. The molecule has 0 aliphatic rings. The zero-order chi connectivity index (χ0) is 9.36. The highest BCUT2D eigenvalue weighted by Crippen LogP contribution is 2.05. The molecule has 0 aliphatic heterocycles. The van der Waals surface area contributed by atoms with Crippen molar-refractivity contribution in [3.8, 4) is 0 Å². The summed E-state index contributed by atoms with van der Waals surface area (Å²) in [5, 5.41) is 0. The van der Waals surface area contributed by atoms with Gasteiger partial charge in [-0.1, -0.05) is 37.4 Å². The van der Waals surface area contributed by atoms with E-state index in [9.17, 15) is 0 Å². The summed E-state index contributed by atoms with van der Waals surface area (Å²) in [5.41, 5.74) is 1.44. The Morgan fingerprint density at radius 1 is 1.00 bits per heavy atom. The summed E-state index contributed by atoms with van der Waals surface area (Å²) in [6.07, 6.45) is 4.89. The molecule has 0 bridgehead atoms. The minimum atomic E-state index is 0.911. The molecule has 0 aromatic heterocycles. The maximum absolute atomic E-state index is 3.83. The minimum absolute atomic E-state index is 0.911. The number of aryl methyl sites for hydroxylation is 1. The van der Waals surface area contributed by atoms with Gasteiger partial charge in [-0.05, 0) is 24.8 Å². The van der Waals surface area contributed by atoms with Crippen LogP contribution in [0.15, 0.2) is 30.3 Å². The van der Waals surface area contributed by atoms with E-state index in [1.807, 2.05) is 0 Å². The Morgan fingerprint density at radius 2 is 1.77 bits per heavy atom. The van der Waals surface area contributed by atoms with Crippen molar-refractivity contribution in [1.29, 1.82) is 0 Å². The quantitative estimate of drug-likeness (QED) is 0.361. The van der Waals surface area contributed by atoms with E-state index in [1.165, 1.54) is 31.2 Å². The van der Waals surface area contributed by atoms with E-state index in [2.05, 4.69) is 42.2 Å². The molecule has 0 atom stereocenters. The highest BCUT2D eigenvalue weighted by Gasteiger charge is 1.92. The average Bonchev–Trinajstić information content (AvgIpc) is 2.19. The summed E-state index contributed by atoms with van der Waals surface area (Å²) in [6, 6.07) is 10.6. The Labute approximate surface area is 80.7 Å². The molecule has 0 aliphatic carbocycles. The van der Waals surface area contributed by atoms with Gasteiger partial charge in [-0.2, -0.15) is 0 Å².